The van der Waals surface area contributed by atoms with E-state index in [1.54, 1.807) is 0 Å². The minimum Gasteiger partial charge on any atom is -0.469 e. The molecule has 0 atom stereocenters. The van der Waals surface area contributed by atoms with Gasteiger partial charge in [0.2, 0.25) is 0 Å². The summed E-state index contributed by atoms with van der Waals surface area (Å²) in [6, 6.07) is 4.52. The van der Waals surface area contributed by atoms with Crippen molar-refractivity contribution in [1.82, 2.24) is 15.1 Å². The van der Waals surface area contributed by atoms with Gasteiger partial charge in [-0.3, -0.25) is 14.4 Å². The van der Waals surface area contributed by atoms with Crippen molar-refractivity contribution in [2.45, 2.75) is 32.9 Å². The number of nitrogens with zero attached hydrogens (tertiary/aromatic N) is 2. The number of esters is 1. The number of aryl methyl sites for hydroxylation is 1. The molecular weight excluding hydrogens is 391 g/mol. The number of ether oxygens (including phenoxy) is 1. The van der Waals surface area contributed by atoms with E-state index in [2.05, 4.69) is 15.2 Å². The van der Waals surface area contributed by atoms with Gasteiger partial charge in [-0.25, -0.2) is 4.68 Å². The highest BCUT2D eigenvalue weighted by Gasteiger charge is 2.31. The van der Waals surface area contributed by atoms with E-state index >= 15 is 0 Å². The van der Waals surface area contributed by atoms with Gasteiger partial charge in [0.1, 0.15) is 0 Å². The van der Waals surface area contributed by atoms with Crippen molar-refractivity contribution in [3.05, 3.63) is 46.8 Å². The highest BCUT2D eigenvalue weighted by atomic mass is 19.4. The van der Waals surface area contributed by atoms with Gasteiger partial charge >= 0.3 is 12.1 Å². The quantitative estimate of drug-likeness (QED) is 0.328. The number of ketones is 1. The van der Waals surface area contributed by atoms with E-state index < -0.39 is 29.4 Å². The summed E-state index contributed by atoms with van der Waals surface area (Å²) in [6.07, 6.45) is -4.13. The maximum atomic E-state index is 13.0. The molecule has 0 bridgehead atoms. The molecule has 7 nitrogen and oxygen atoms in total. The second kappa shape index (κ2) is 8.89. The van der Waals surface area contributed by atoms with Gasteiger partial charge in [0, 0.05) is 13.0 Å². The van der Waals surface area contributed by atoms with Crippen molar-refractivity contribution in [1.29, 1.82) is 0 Å². The van der Waals surface area contributed by atoms with Gasteiger partial charge in [-0.05, 0) is 38.5 Å². The van der Waals surface area contributed by atoms with Crippen LogP contribution in [0.15, 0.2) is 24.3 Å². The summed E-state index contributed by atoms with van der Waals surface area (Å²) in [4.78, 5) is 35.7. The molecular formula is C19H20F3N3O4. The minimum absolute atomic E-state index is 0.0212. The summed E-state index contributed by atoms with van der Waals surface area (Å²) in [6.45, 7) is 3.09. The van der Waals surface area contributed by atoms with E-state index in [-0.39, 0.29) is 35.6 Å². The number of hydrogen-bond acceptors (Lipinski definition) is 5. The lowest BCUT2D eigenvalue weighted by Crippen LogP contribution is -2.32. The van der Waals surface area contributed by atoms with Crippen molar-refractivity contribution in [3.8, 4) is 5.69 Å². The third-order valence-electron chi connectivity index (χ3n) is 4.21. The molecule has 1 N–H and O–H groups in total. The molecule has 1 aromatic carbocycles. The fourth-order valence-electron chi connectivity index (χ4n) is 2.77. The molecule has 0 aliphatic rings. The van der Waals surface area contributed by atoms with Crippen LogP contribution in [0, 0.1) is 13.8 Å². The summed E-state index contributed by atoms with van der Waals surface area (Å²) >= 11 is 0. The zero-order chi connectivity index (χ0) is 21.8. The van der Waals surface area contributed by atoms with Crippen molar-refractivity contribution < 1.29 is 32.3 Å². The Morgan fingerprint density at radius 3 is 2.52 bits per heavy atom. The number of hydrogen-bond donors (Lipinski definition) is 1. The highest BCUT2D eigenvalue weighted by Crippen LogP contribution is 2.30. The molecule has 0 saturated carbocycles. The third-order valence-corrected chi connectivity index (χ3v) is 4.21. The number of alkyl halides is 3. The Labute approximate surface area is 164 Å². The van der Waals surface area contributed by atoms with Gasteiger partial charge in [0.15, 0.2) is 0 Å². The topological polar surface area (TPSA) is 90.3 Å². The first kappa shape index (κ1) is 22.1. The van der Waals surface area contributed by atoms with Crippen LogP contribution in [0.3, 0.4) is 0 Å². The number of nitrogens with one attached hydrogen (secondary N) is 1. The van der Waals surface area contributed by atoms with Crippen molar-refractivity contribution in [3.63, 3.8) is 0 Å². The largest absolute Gasteiger partial charge is 0.469 e. The highest BCUT2D eigenvalue weighted by molar-refractivity contribution is 6.43. The fourth-order valence-corrected chi connectivity index (χ4v) is 2.77. The molecule has 2 aromatic rings. The molecule has 0 aliphatic heterocycles. The van der Waals surface area contributed by atoms with Gasteiger partial charge in [-0.15, -0.1) is 0 Å². The predicted molar refractivity (Wildman–Crippen MR) is 96.6 cm³/mol. The Hall–Kier alpha value is -3.17. The molecule has 0 spiro atoms. The molecule has 0 saturated heterocycles. The monoisotopic (exact) mass is 411 g/mol. The summed E-state index contributed by atoms with van der Waals surface area (Å²) in [5.41, 5.74) is -0.240. The van der Waals surface area contributed by atoms with Gasteiger partial charge in [-0.2, -0.15) is 18.3 Å². The molecule has 0 unspecified atom stereocenters. The van der Waals surface area contributed by atoms with Crippen LogP contribution in [0.25, 0.3) is 5.69 Å². The summed E-state index contributed by atoms with van der Waals surface area (Å²) in [7, 11) is 1.25. The van der Waals surface area contributed by atoms with Gasteiger partial charge in [-0.1, -0.05) is 6.07 Å². The van der Waals surface area contributed by atoms with E-state index in [0.717, 1.165) is 12.1 Å². The molecule has 2 rings (SSSR count). The van der Waals surface area contributed by atoms with E-state index in [4.69, 9.17) is 0 Å². The van der Waals surface area contributed by atoms with Crippen molar-refractivity contribution in [2.24, 2.45) is 0 Å². The zero-order valence-electron chi connectivity index (χ0n) is 16.1. The van der Waals surface area contributed by atoms with Crippen LogP contribution in [0.1, 0.15) is 40.2 Å². The molecule has 10 heteroatoms. The Morgan fingerprint density at radius 2 is 1.90 bits per heavy atom. The lowest BCUT2D eigenvalue weighted by atomic mass is 10.1. The average Bonchev–Trinajstić information content (AvgIpc) is 2.97. The smallest absolute Gasteiger partial charge is 0.416 e. The Balaban J connectivity index is 2.20. The van der Waals surface area contributed by atoms with Crippen molar-refractivity contribution in [2.75, 3.05) is 13.7 Å². The lowest BCUT2D eigenvalue weighted by Gasteiger charge is -2.10. The molecule has 156 valence electrons. The normalized spacial score (nSPS) is 11.2. The Kier molecular flexibility index (Phi) is 6.78. The lowest BCUT2D eigenvalue weighted by molar-refractivity contribution is -0.141. The molecule has 29 heavy (non-hydrogen) atoms. The summed E-state index contributed by atoms with van der Waals surface area (Å²) in [5.74, 6) is -2.17. The van der Waals surface area contributed by atoms with Gasteiger partial charge < -0.3 is 10.1 Å². The fraction of sp³-hybridized carbons (Fsp3) is 0.368. The molecule has 1 aromatic heterocycles. The maximum absolute atomic E-state index is 13.0. The summed E-state index contributed by atoms with van der Waals surface area (Å²) in [5, 5.41) is 6.54. The molecule has 0 aliphatic carbocycles. The molecule has 1 amide bonds. The van der Waals surface area contributed by atoms with E-state index in [0.29, 0.717) is 6.42 Å². The zero-order valence-corrected chi connectivity index (χ0v) is 16.1. The predicted octanol–water partition coefficient (Wildman–Crippen LogP) is 2.76. The number of amides is 1. The molecule has 0 radical (unpaired) electrons. The van der Waals surface area contributed by atoms with Crippen LogP contribution >= 0.6 is 0 Å². The first-order valence-electron chi connectivity index (χ1n) is 8.69. The van der Waals surface area contributed by atoms with Crippen molar-refractivity contribution >= 4 is 17.7 Å². The molecule has 0 fully saturated rings. The number of carbonyl (C=O) groups is 3. The maximum Gasteiger partial charge on any atom is 0.416 e. The number of aromatic nitrogens is 2. The van der Waals surface area contributed by atoms with E-state index in [9.17, 15) is 27.6 Å². The number of carbonyl (C=O) groups excluding carboxylic acids is 3. The number of methoxy groups -OCH3 is 1. The number of Topliss-reactive ketones (excluding diaryl/α,β-unsaturated/α-hetero) is 1. The number of halogens is 3. The Bertz CT molecular complexity index is 935. The third kappa shape index (κ3) is 5.21. The standard InChI is InChI=1S/C19H20F3N3O4/c1-11-16(17(27)18(28)23-9-5-8-15(26)29-3)12(2)25(24-11)14-7-4-6-13(10-14)19(20,21)22/h4,6-7,10H,5,8-9H2,1-3H3,(H,23,28). The van der Waals surface area contributed by atoms with Crippen LogP contribution < -0.4 is 5.32 Å². The van der Waals surface area contributed by atoms with Gasteiger partial charge in [0.25, 0.3) is 11.7 Å². The van der Waals surface area contributed by atoms with Crippen LogP contribution in [0.2, 0.25) is 0 Å². The Morgan fingerprint density at radius 1 is 1.21 bits per heavy atom. The first-order valence-corrected chi connectivity index (χ1v) is 8.69. The number of benzene rings is 1. The average molecular weight is 411 g/mol. The van der Waals surface area contributed by atoms with Crippen LogP contribution in [0.5, 0.6) is 0 Å². The van der Waals surface area contributed by atoms with Crippen LogP contribution in [0.4, 0.5) is 13.2 Å². The van der Waals surface area contributed by atoms with Crippen LogP contribution in [-0.4, -0.2) is 41.1 Å². The second-order valence-electron chi connectivity index (χ2n) is 6.27. The molecule has 1 heterocycles. The minimum atomic E-state index is -4.52. The van der Waals surface area contributed by atoms with E-state index in [1.165, 1.54) is 37.8 Å². The summed E-state index contributed by atoms with van der Waals surface area (Å²) < 4.78 is 44.5. The van der Waals surface area contributed by atoms with Gasteiger partial charge in [0.05, 0.1) is 35.3 Å². The second-order valence-corrected chi connectivity index (χ2v) is 6.27. The van der Waals surface area contributed by atoms with E-state index in [1.807, 2.05) is 0 Å². The SMILES string of the molecule is COC(=O)CCCNC(=O)C(=O)c1c(C)nn(-c2cccc(C(F)(F)F)c2)c1C. The van der Waals surface area contributed by atoms with Crippen LogP contribution in [-0.2, 0) is 20.5 Å². The number of rotatable bonds is 7. The first-order chi connectivity index (χ1) is 13.6.